The van der Waals surface area contributed by atoms with Crippen LogP contribution >= 0.6 is 17.0 Å². The maximum atomic E-state index is 4.43. The normalized spacial score (nSPS) is 15.9. The van der Waals surface area contributed by atoms with Crippen molar-refractivity contribution in [3.8, 4) is 0 Å². The van der Waals surface area contributed by atoms with E-state index in [-0.39, 0.29) is 17.0 Å². The van der Waals surface area contributed by atoms with Gasteiger partial charge < -0.3 is 4.90 Å². The number of nitrogens with zero attached hydrogens (tertiary/aromatic N) is 2. The number of rotatable bonds is 2. The maximum absolute atomic E-state index is 4.43. The van der Waals surface area contributed by atoms with Crippen molar-refractivity contribution < 1.29 is 0 Å². The summed E-state index contributed by atoms with van der Waals surface area (Å²) in [7, 11) is 0. The number of halogens is 1. The minimum absolute atomic E-state index is 0. The van der Waals surface area contributed by atoms with E-state index in [0.717, 1.165) is 18.9 Å². The van der Waals surface area contributed by atoms with Gasteiger partial charge in [0.25, 0.3) is 0 Å². The van der Waals surface area contributed by atoms with Crippen molar-refractivity contribution in [1.82, 2.24) is 4.98 Å². The molecule has 1 aromatic carbocycles. The minimum Gasteiger partial charge on any atom is -0.357 e. The number of pyridine rings is 1. The summed E-state index contributed by atoms with van der Waals surface area (Å²) < 4.78 is 0. The molecule has 0 amide bonds. The van der Waals surface area contributed by atoms with Gasteiger partial charge in [0.1, 0.15) is 5.82 Å². The van der Waals surface area contributed by atoms with Gasteiger partial charge in [-0.25, -0.2) is 4.98 Å². The van der Waals surface area contributed by atoms with Gasteiger partial charge in [0.2, 0.25) is 0 Å². The second-order valence-electron chi connectivity index (χ2n) is 4.86. The highest BCUT2D eigenvalue weighted by Crippen LogP contribution is 2.29. The summed E-state index contributed by atoms with van der Waals surface area (Å²) in [6, 6.07) is 17.0. The van der Waals surface area contributed by atoms with Crippen LogP contribution in [0.25, 0.3) is 0 Å². The third-order valence-corrected chi connectivity index (χ3v) is 3.74. The van der Waals surface area contributed by atoms with E-state index in [4.69, 9.17) is 0 Å². The summed E-state index contributed by atoms with van der Waals surface area (Å²) in [5.41, 5.74) is 1.48. The van der Waals surface area contributed by atoms with Crippen molar-refractivity contribution >= 4 is 22.8 Å². The molecule has 1 fully saturated rings. The summed E-state index contributed by atoms with van der Waals surface area (Å²) in [5.74, 6) is 1.83. The average Bonchev–Trinajstić information content (AvgIpc) is 2.49. The zero-order valence-corrected chi connectivity index (χ0v) is 12.6. The minimum atomic E-state index is 0. The number of aromatic nitrogens is 1. The highest BCUT2D eigenvalue weighted by molar-refractivity contribution is 8.93. The SMILES string of the molecule is Br.c1ccc(C2CCN(c3ccccn3)CC2)cc1. The molecule has 3 rings (SSSR count). The van der Waals surface area contributed by atoms with Crippen LogP contribution in [0.2, 0.25) is 0 Å². The predicted octanol–water partition coefficient (Wildman–Crippen LogP) is 4.04. The van der Waals surface area contributed by atoms with E-state index in [2.05, 4.69) is 52.3 Å². The average molecular weight is 319 g/mol. The lowest BCUT2D eigenvalue weighted by Crippen LogP contribution is -2.33. The van der Waals surface area contributed by atoms with Crippen LogP contribution in [-0.4, -0.2) is 18.1 Å². The van der Waals surface area contributed by atoms with Gasteiger partial charge in [0.05, 0.1) is 0 Å². The van der Waals surface area contributed by atoms with E-state index in [9.17, 15) is 0 Å². The molecule has 0 bridgehead atoms. The molecule has 0 radical (unpaired) electrons. The van der Waals surface area contributed by atoms with Gasteiger partial charge in [-0.2, -0.15) is 0 Å². The molecular weight excluding hydrogens is 300 g/mol. The summed E-state index contributed by atoms with van der Waals surface area (Å²) in [6.07, 6.45) is 4.32. The topological polar surface area (TPSA) is 16.1 Å². The number of piperidine rings is 1. The molecule has 2 nitrogen and oxygen atoms in total. The van der Waals surface area contributed by atoms with Crippen molar-refractivity contribution in [2.45, 2.75) is 18.8 Å². The monoisotopic (exact) mass is 318 g/mol. The van der Waals surface area contributed by atoms with E-state index in [0.29, 0.717) is 5.92 Å². The summed E-state index contributed by atoms with van der Waals surface area (Å²) in [4.78, 5) is 6.81. The fourth-order valence-electron chi connectivity index (χ4n) is 2.71. The van der Waals surface area contributed by atoms with Crippen molar-refractivity contribution in [2.75, 3.05) is 18.0 Å². The van der Waals surface area contributed by atoms with Crippen molar-refractivity contribution in [1.29, 1.82) is 0 Å². The van der Waals surface area contributed by atoms with Gasteiger partial charge in [-0.1, -0.05) is 36.4 Å². The van der Waals surface area contributed by atoms with E-state index in [1.54, 1.807) is 0 Å². The van der Waals surface area contributed by atoms with Gasteiger partial charge in [0.15, 0.2) is 0 Å². The molecule has 0 spiro atoms. The quantitative estimate of drug-likeness (QED) is 0.830. The Kier molecular flexibility index (Phi) is 4.97. The fraction of sp³-hybridized carbons (Fsp3) is 0.312. The zero-order chi connectivity index (χ0) is 12.2. The maximum Gasteiger partial charge on any atom is 0.128 e. The van der Waals surface area contributed by atoms with Gasteiger partial charge >= 0.3 is 0 Å². The van der Waals surface area contributed by atoms with Crippen molar-refractivity contribution in [2.24, 2.45) is 0 Å². The number of benzene rings is 1. The van der Waals surface area contributed by atoms with Crippen LogP contribution in [0.15, 0.2) is 54.7 Å². The van der Waals surface area contributed by atoms with Crippen LogP contribution in [0.1, 0.15) is 24.3 Å². The van der Waals surface area contributed by atoms with Crippen molar-refractivity contribution in [3.05, 3.63) is 60.3 Å². The third-order valence-electron chi connectivity index (χ3n) is 3.74. The molecule has 1 aliphatic rings. The first-order chi connectivity index (χ1) is 8.93. The Morgan fingerprint density at radius 1 is 0.895 bits per heavy atom. The van der Waals surface area contributed by atoms with E-state index < -0.39 is 0 Å². The van der Waals surface area contributed by atoms with Crippen LogP contribution in [0.3, 0.4) is 0 Å². The molecule has 0 unspecified atom stereocenters. The molecular formula is C16H19BrN2. The Hall–Kier alpha value is -1.35. The Bertz CT molecular complexity index is 431. The summed E-state index contributed by atoms with van der Waals surface area (Å²) in [6.45, 7) is 2.22. The van der Waals surface area contributed by atoms with Crippen LogP contribution in [0, 0.1) is 0 Å². The van der Waals surface area contributed by atoms with Gasteiger partial charge in [0, 0.05) is 19.3 Å². The largest absolute Gasteiger partial charge is 0.357 e. The first-order valence-electron chi connectivity index (χ1n) is 6.64. The lowest BCUT2D eigenvalue weighted by molar-refractivity contribution is 0.503. The number of hydrogen-bond donors (Lipinski definition) is 0. The predicted molar refractivity (Wildman–Crippen MR) is 85.2 cm³/mol. The molecule has 1 aromatic heterocycles. The highest BCUT2D eigenvalue weighted by Gasteiger charge is 2.20. The molecule has 0 aliphatic carbocycles. The van der Waals surface area contributed by atoms with E-state index >= 15 is 0 Å². The van der Waals surface area contributed by atoms with Crippen LogP contribution in [0.5, 0.6) is 0 Å². The first-order valence-corrected chi connectivity index (χ1v) is 6.64. The molecule has 1 aliphatic heterocycles. The molecule has 2 heterocycles. The summed E-state index contributed by atoms with van der Waals surface area (Å²) >= 11 is 0. The Balaban J connectivity index is 0.00000133. The van der Waals surface area contributed by atoms with E-state index in [1.807, 2.05) is 12.3 Å². The molecule has 0 N–H and O–H groups in total. The van der Waals surface area contributed by atoms with Gasteiger partial charge in [-0.3, -0.25) is 0 Å². The number of hydrogen-bond acceptors (Lipinski definition) is 2. The zero-order valence-electron chi connectivity index (χ0n) is 10.9. The van der Waals surface area contributed by atoms with Gasteiger partial charge in [-0.15, -0.1) is 17.0 Å². The van der Waals surface area contributed by atoms with E-state index in [1.165, 1.54) is 18.4 Å². The number of anilines is 1. The smallest absolute Gasteiger partial charge is 0.128 e. The molecule has 19 heavy (non-hydrogen) atoms. The Morgan fingerprint density at radius 2 is 1.58 bits per heavy atom. The van der Waals surface area contributed by atoms with Crippen LogP contribution < -0.4 is 4.90 Å². The fourth-order valence-corrected chi connectivity index (χ4v) is 2.71. The molecule has 1 saturated heterocycles. The van der Waals surface area contributed by atoms with Gasteiger partial charge in [-0.05, 0) is 36.5 Å². The molecule has 100 valence electrons. The Labute approximate surface area is 125 Å². The van der Waals surface area contributed by atoms with Crippen molar-refractivity contribution in [3.63, 3.8) is 0 Å². The Morgan fingerprint density at radius 3 is 2.21 bits per heavy atom. The molecule has 0 atom stereocenters. The third kappa shape index (κ3) is 3.35. The summed E-state index contributed by atoms with van der Waals surface area (Å²) in [5, 5.41) is 0. The first kappa shape index (κ1) is 14.1. The lowest BCUT2D eigenvalue weighted by atomic mass is 9.89. The standard InChI is InChI=1S/C16H18N2.BrH/c1-2-6-14(7-3-1)15-9-12-18(13-10-15)16-8-4-5-11-17-16;/h1-8,11,15H,9-10,12-13H2;1H. The molecule has 2 aromatic rings. The molecule has 3 heteroatoms. The lowest BCUT2D eigenvalue weighted by Gasteiger charge is -2.33. The second-order valence-corrected chi connectivity index (χ2v) is 4.86. The highest BCUT2D eigenvalue weighted by atomic mass is 79.9. The second kappa shape index (κ2) is 6.71. The van der Waals surface area contributed by atoms with Crippen LogP contribution in [0.4, 0.5) is 5.82 Å². The molecule has 0 saturated carbocycles. The van der Waals surface area contributed by atoms with Crippen LogP contribution in [-0.2, 0) is 0 Å².